The number of likely N-dealkylation sites (N-methyl/N-ethyl adjacent to an activating group) is 1. The topological polar surface area (TPSA) is 132 Å². The van der Waals surface area contributed by atoms with E-state index in [0.29, 0.717) is 30.9 Å². The molecule has 3 aromatic rings. The summed E-state index contributed by atoms with van der Waals surface area (Å²) in [6.45, 7) is 13.3. The third-order valence-corrected chi connectivity index (χ3v) is 11.6. The second-order valence-electron chi connectivity index (χ2n) is 17.3. The van der Waals surface area contributed by atoms with Crippen molar-refractivity contribution < 1.29 is 38.8 Å². The molecule has 1 amide bonds. The molecule has 0 bridgehead atoms. The second kappa shape index (κ2) is 20.0. The maximum Gasteiger partial charge on any atom is 0.410 e. The number of hydrogen-bond donors (Lipinski definition) is 2. The van der Waals surface area contributed by atoms with Gasteiger partial charge in [-0.05, 0) is 91.3 Å². The van der Waals surface area contributed by atoms with Gasteiger partial charge in [-0.3, -0.25) is 4.98 Å². The third kappa shape index (κ3) is 10.5. The molecule has 2 heterocycles. The quantitative estimate of drug-likeness (QED) is 0.0692. The molecule has 6 atom stereocenters. The van der Waals surface area contributed by atoms with Crippen molar-refractivity contribution in [1.29, 1.82) is 0 Å². The molecule has 11 heteroatoms. The average molecular weight is 810 g/mol. The van der Waals surface area contributed by atoms with E-state index in [2.05, 4.69) is 23.7 Å². The minimum Gasteiger partial charge on any atom is -0.487 e. The Kier molecular flexibility index (Phi) is 14.9. The van der Waals surface area contributed by atoms with Crippen LogP contribution >= 0.6 is 0 Å². The summed E-state index contributed by atoms with van der Waals surface area (Å²) in [5, 5.41) is 24.7. The highest BCUT2D eigenvalue weighted by molar-refractivity contribution is 6.02. The highest BCUT2D eigenvalue weighted by Crippen LogP contribution is 2.62. The fourth-order valence-electron chi connectivity index (χ4n) is 8.92. The van der Waals surface area contributed by atoms with Crippen LogP contribution in [0.4, 0.5) is 4.79 Å². The van der Waals surface area contributed by atoms with Gasteiger partial charge in [-0.25, -0.2) is 4.79 Å². The van der Waals surface area contributed by atoms with E-state index in [4.69, 9.17) is 28.9 Å². The fraction of sp³-hybridized carbons (Fsp3) is 0.521. The van der Waals surface area contributed by atoms with Crippen molar-refractivity contribution in [2.24, 2.45) is 28.3 Å². The molecule has 2 N–H and O–H groups in total. The Morgan fingerprint density at radius 3 is 2.49 bits per heavy atom. The first-order valence-electron chi connectivity index (χ1n) is 21.2. The lowest BCUT2D eigenvalue weighted by molar-refractivity contribution is -0.253. The molecule has 59 heavy (non-hydrogen) atoms. The number of benzene rings is 2. The van der Waals surface area contributed by atoms with Crippen LogP contribution in [-0.4, -0.2) is 77.2 Å². The van der Waals surface area contributed by atoms with Crippen molar-refractivity contribution in [1.82, 2.24) is 9.88 Å². The van der Waals surface area contributed by atoms with Gasteiger partial charge in [0.2, 0.25) is 5.79 Å². The summed E-state index contributed by atoms with van der Waals surface area (Å²) >= 11 is 0. The summed E-state index contributed by atoms with van der Waals surface area (Å²) < 4.78 is 26.6. The first-order chi connectivity index (χ1) is 28.5. The number of rotatable bonds is 19. The Labute approximate surface area is 350 Å². The first kappa shape index (κ1) is 43.9. The third-order valence-electron chi connectivity index (χ3n) is 11.6. The number of pyridine rings is 1. The Balaban J connectivity index is 1.52. The molecule has 1 aromatic heterocycles. The van der Waals surface area contributed by atoms with Crippen LogP contribution in [0.25, 0.3) is 0 Å². The summed E-state index contributed by atoms with van der Waals surface area (Å²) in [7, 11) is 1.75. The number of hydrogen-bond acceptors (Lipinski definition) is 10. The zero-order chi connectivity index (χ0) is 42.0. The smallest absolute Gasteiger partial charge is 0.410 e. The van der Waals surface area contributed by atoms with E-state index in [1.54, 1.807) is 18.0 Å². The molecule has 6 rings (SSSR count). The van der Waals surface area contributed by atoms with Gasteiger partial charge in [-0.2, -0.15) is 0 Å². The normalized spacial score (nSPS) is 23.9. The molecule has 3 aliphatic rings. The van der Waals surface area contributed by atoms with E-state index < -0.39 is 23.8 Å². The highest BCUT2D eigenvalue weighted by atomic mass is 16.7. The van der Waals surface area contributed by atoms with Gasteiger partial charge < -0.3 is 38.9 Å². The number of aromatic nitrogens is 1. The predicted molar refractivity (Wildman–Crippen MR) is 228 cm³/mol. The summed E-state index contributed by atoms with van der Waals surface area (Å²) in [5.41, 5.74) is 5.16. The Morgan fingerprint density at radius 2 is 1.78 bits per heavy atom. The van der Waals surface area contributed by atoms with Gasteiger partial charge in [0.15, 0.2) is 0 Å². The lowest BCUT2D eigenvalue weighted by Crippen LogP contribution is -2.69. The number of allylic oxidation sites excluding steroid dienone is 1. The van der Waals surface area contributed by atoms with Gasteiger partial charge in [0, 0.05) is 43.9 Å². The van der Waals surface area contributed by atoms with Crippen LogP contribution in [0.3, 0.4) is 0 Å². The van der Waals surface area contributed by atoms with E-state index in [0.717, 1.165) is 59.5 Å². The molecular formula is C48H63N3O8. The van der Waals surface area contributed by atoms with Gasteiger partial charge in [0.25, 0.3) is 0 Å². The minimum absolute atomic E-state index is 0.0837. The molecule has 2 aliphatic carbocycles. The van der Waals surface area contributed by atoms with Crippen molar-refractivity contribution in [3.63, 3.8) is 0 Å². The number of aryl methyl sites for hydroxylation is 1. The predicted octanol–water partition coefficient (Wildman–Crippen LogP) is 8.92. The molecule has 11 nitrogen and oxygen atoms in total. The van der Waals surface area contributed by atoms with E-state index in [-0.39, 0.29) is 62.6 Å². The van der Waals surface area contributed by atoms with E-state index in [1.807, 2.05) is 88.4 Å². The lowest BCUT2D eigenvalue weighted by Gasteiger charge is -2.59. The summed E-state index contributed by atoms with van der Waals surface area (Å²) in [6.07, 6.45) is 8.55. The number of nitrogens with zero attached hydrogens (tertiary/aromatic N) is 3. The summed E-state index contributed by atoms with van der Waals surface area (Å²) in [4.78, 5) is 26.5. The Bertz CT molecular complexity index is 1930. The van der Waals surface area contributed by atoms with Gasteiger partial charge in [-0.1, -0.05) is 87.3 Å². The number of fused-ring (bicyclic) bond motifs is 2. The van der Waals surface area contributed by atoms with Crippen molar-refractivity contribution in [2.75, 3.05) is 33.5 Å². The first-order valence-corrected chi connectivity index (χ1v) is 21.2. The monoisotopic (exact) mass is 809 g/mol. The second-order valence-corrected chi connectivity index (χ2v) is 17.3. The van der Waals surface area contributed by atoms with Crippen molar-refractivity contribution >= 4 is 11.8 Å². The molecule has 1 aliphatic heterocycles. The zero-order valence-electron chi connectivity index (χ0n) is 35.5. The van der Waals surface area contributed by atoms with Crippen LogP contribution in [-0.2, 0) is 27.5 Å². The molecule has 0 saturated heterocycles. The SMILES string of the molecule is C=CCO[C@@]12Oc3ccc(OCc4cccc(C)n4)cc3[C@H]3[C@H](CCCCO)[C@@H](CCCCO)C=C(C(=NOCc4ccccc4)C[C@@H]1N(C)C(=O)OCC(C)(C)C)[C@H]32. The maximum atomic E-state index is 14.1. The van der Waals surface area contributed by atoms with Gasteiger partial charge >= 0.3 is 6.09 Å². The molecule has 2 aromatic carbocycles. The van der Waals surface area contributed by atoms with Gasteiger partial charge in [0.1, 0.15) is 30.8 Å². The molecule has 0 spiro atoms. The number of carbonyl (C=O) groups is 1. The standard InChI is InChI=1S/C48H63N3O8/c1-7-26-57-48-43(51(6)46(54)56-32-47(3,4)5)29-41(50-58-30-34-17-9-8-10-18-34)39-27-35(19-11-13-24-52)38(21-12-14-25-53)44(45(39)48)40-28-37(22-23-42(40)59-48)55-31-36-20-15-16-33(2)49-36/h7-10,15-18,20,22-23,27-28,35,38,43-45,52-53H,1,11-14,19,21,24-26,29-32H2,2-6H3/t35-,38+,43-,44+,45+,48+/m0/s1. The Hall–Kier alpha value is -4.71. The number of unbranched alkanes of at least 4 members (excludes halogenated alkanes) is 2. The van der Waals surface area contributed by atoms with E-state index in [1.165, 1.54) is 0 Å². The molecule has 1 fully saturated rings. The molecular weight excluding hydrogens is 747 g/mol. The zero-order valence-corrected chi connectivity index (χ0v) is 35.5. The Morgan fingerprint density at radius 1 is 1.02 bits per heavy atom. The number of ether oxygens (including phenoxy) is 4. The summed E-state index contributed by atoms with van der Waals surface area (Å²) in [6, 6.07) is 21.1. The number of oxime groups is 1. The van der Waals surface area contributed by atoms with Crippen LogP contribution in [0.1, 0.15) is 94.1 Å². The van der Waals surface area contributed by atoms with Crippen molar-refractivity contribution in [2.45, 2.75) is 104 Å². The molecule has 0 radical (unpaired) electrons. The number of aliphatic hydroxyl groups excluding tert-OH is 2. The van der Waals surface area contributed by atoms with Crippen LogP contribution in [0, 0.1) is 30.1 Å². The van der Waals surface area contributed by atoms with Crippen molar-refractivity contribution in [3.05, 3.63) is 114 Å². The molecule has 0 unspecified atom stereocenters. The van der Waals surface area contributed by atoms with E-state index >= 15 is 0 Å². The fourth-order valence-corrected chi connectivity index (χ4v) is 8.92. The highest BCUT2D eigenvalue weighted by Gasteiger charge is 2.65. The van der Waals surface area contributed by atoms with Gasteiger partial charge in [0.05, 0.1) is 30.5 Å². The summed E-state index contributed by atoms with van der Waals surface area (Å²) in [5.74, 6) is -0.458. The van der Waals surface area contributed by atoms with Crippen LogP contribution in [0.5, 0.6) is 11.5 Å². The number of aliphatic hydroxyl groups is 2. The molecule has 1 saturated carbocycles. The number of amides is 1. The number of carbonyl (C=O) groups excluding carboxylic acids is 1. The van der Waals surface area contributed by atoms with Crippen LogP contribution in [0.15, 0.2) is 96.2 Å². The maximum absolute atomic E-state index is 14.1. The van der Waals surface area contributed by atoms with Gasteiger partial charge in [-0.15, -0.1) is 6.58 Å². The van der Waals surface area contributed by atoms with E-state index in [9.17, 15) is 15.0 Å². The van der Waals surface area contributed by atoms with Crippen LogP contribution in [0.2, 0.25) is 0 Å². The lowest BCUT2D eigenvalue weighted by atomic mass is 9.55. The van der Waals surface area contributed by atoms with Crippen molar-refractivity contribution in [3.8, 4) is 11.5 Å². The average Bonchev–Trinajstić information content (AvgIpc) is 3.22. The molecule has 318 valence electrons. The minimum atomic E-state index is -1.37. The van der Waals surface area contributed by atoms with Crippen LogP contribution < -0.4 is 9.47 Å². The largest absolute Gasteiger partial charge is 0.487 e.